The Morgan fingerprint density at radius 2 is 2.25 bits per heavy atom. The molecular formula is C14H19N3O2S. The van der Waals surface area contributed by atoms with Crippen molar-refractivity contribution in [2.45, 2.75) is 12.2 Å². The van der Waals surface area contributed by atoms with Crippen LogP contribution in [0.4, 0.5) is 0 Å². The largest absolute Gasteiger partial charge is 0.395 e. The zero-order valence-electron chi connectivity index (χ0n) is 11.7. The van der Waals surface area contributed by atoms with Crippen LogP contribution >= 0.6 is 11.8 Å². The number of amides is 1. The summed E-state index contributed by atoms with van der Waals surface area (Å²) in [5.74, 6) is 1.29. The van der Waals surface area contributed by atoms with Crippen LogP contribution in [0, 0.1) is 0 Å². The van der Waals surface area contributed by atoms with Crippen molar-refractivity contribution in [3.05, 3.63) is 30.1 Å². The number of aromatic nitrogens is 2. The summed E-state index contributed by atoms with van der Waals surface area (Å²) in [5.41, 5.74) is 1.96. The molecule has 5 nitrogen and oxygen atoms in total. The number of para-hydroxylation sites is 2. The predicted molar refractivity (Wildman–Crippen MR) is 81.7 cm³/mol. The molecule has 0 bridgehead atoms. The maximum Gasteiger partial charge on any atom is 0.232 e. The molecule has 0 aliphatic heterocycles. The fourth-order valence-electron chi connectivity index (χ4n) is 1.83. The molecule has 1 heterocycles. The third kappa shape index (κ3) is 3.52. The lowest BCUT2D eigenvalue weighted by molar-refractivity contribution is -0.127. The third-order valence-corrected chi connectivity index (χ3v) is 4.25. The van der Waals surface area contributed by atoms with Crippen molar-refractivity contribution in [3.63, 3.8) is 0 Å². The number of rotatable bonds is 6. The first-order valence-electron chi connectivity index (χ1n) is 6.53. The number of carbonyl (C=O) groups excluding carboxylic acids is 1. The Bertz CT molecular complexity index is 552. The predicted octanol–water partition coefficient (Wildman–Crippen LogP) is 1.81. The lowest BCUT2D eigenvalue weighted by atomic mass is 10.3. The molecule has 0 aliphatic rings. The van der Waals surface area contributed by atoms with Gasteiger partial charge in [-0.2, -0.15) is 0 Å². The van der Waals surface area contributed by atoms with Crippen LogP contribution in [-0.2, 0) is 4.79 Å². The normalized spacial score (nSPS) is 12.6. The minimum atomic E-state index is -0.00790. The molecule has 0 saturated heterocycles. The van der Waals surface area contributed by atoms with Crippen LogP contribution in [0.2, 0.25) is 0 Å². The molecule has 0 aliphatic carbocycles. The summed E-state index contributed by atoms with van der Waals surface area (Å²) in [5, 5.41) is 8.93. The van der Waals surface area contributed by atoms with Crippen LogP contribution in [0.15, 0.2) is 24.3 Å². The number of aliphatic hydroxyl groups excluding tert-OH is 1. The first-order valence-corrected chi connectivity index (χ1v) is 7.57. The van der Waals surface area contributed by atoms with E-state index in [1.165, 1.54) is 0 Å². The number of thioether (sulfide) groups is 1. The molecule has 1 aromatic heterocycles. The maximum atomic E-state index is 11.8. The highest BCUT2D eigenvalue weighted by Crippen LogP contribution is 2.27. The van der Waals surface area contributed by atoms with Gasteiger partial charge in [0, 0.05) is 13.6 Å². The zero-order chi connectivity index (χ0) is 14.5. The van der Waals surface area contributed by atoms with E-state index in [0.29, 0.717) is 12.3 Å². The summed E-state index contributed by atoms with van der Waals surface area (Å²) in [6, 6.07) is 7.88. The Balaban J connectivity index is 1.94. The summed E-state index contributed by atoms with van der Waals surface area (Å²) in [6.07, 6.45) is 0. The molecule has 1 atom stereocenters. The van der Waals surface area contributed by atoms with Crippen molar-refractivity contribution in [1.29, 1.82) is 0 Å². The van der Waals surface area contributed by atoms with Crippen LogP contribution in [0.25, 0.3) is 11.0 Å². The van der Waals surface area contributed by atoms with E-state index in [-0.39, 0.29) is 17.8 Å². The van der Waals surface area contributed by atoms with Gasteiger partial charge in [-0.25, -0.2) is 4.98 Å². The first-order chi connectivity index (χ1) is 9.61. The second-order valence-electron chi connectivity index (χ2n) is 4.63. The van der Waals surface area contributed by atoms with Gasteiger partial charge in [0.05, 0.1) is 28.6 Å². The topological polar surface area (TPSA) is 69.2 Å². The summed E-state index contributed by atoms with van der Waals surface area (Å²) in [7, 11) is 1.70. The van der Waals surface area contributed by atoms with Crippen LogP contribution in [0.5, 0.6) is 0 Å². The second kappa shape index (κ2) is 6.76. The lowest BCUT2D eigenvalue weighted by Crippen LogP contribution is -2.31. The second-order valence-corrected chi connectivity index (χ2v) is 5.96. The van der Waals surface area contributed by atoms with Gasteiger partial charge in [-0.1, -0.05) is 12.1 Å². The highest BCUT2D eigenvalue weighted by atomic mass is 32.2. The van der Waals surface area contributed by atoms with E-state index < -0.39 is 0 Å². The van der Waals surface area contributed by atoms with Crippen molar-refractivity contribution < 1.29 is 9.90 Å². The molecule has 108 valence electrons. The van der Waals surface area contributed by atoms with Crippen molar-refractivity contribution >= 4 is 28.7 Å². The fourth-order valence-corrected chi connectivity index (χ4v) is 2.71. The Morgan fingerprint density at radius 3 is 2.95 bits per heavy atom. The highest BCUT2D eigenvalue weighted by Gasteiger charge is 2.15. The Morgan fingerprint density at radius 1 is 1.50 bits per heavy atom. The maximum absolute atomic E-state index is 11.8. The molecule has 20 heavy (non-hydrogen) atoms. The quantitative estimate of drug-likeness (QED) is 0.852. The molecular weight excluding hydrogens is 274 g/mol. The van der Waals surface area contributed by atoms with Gasteiger partial charge in [-0.05, 0) is 19.1 Å². The van der Waals surface area contributed by atoms with Gasteiger partial charge < -0.3 is 15.0 Å². The number of aromatic amines is 1. The summed E-state index contributed by atoms with van der Waals surface area (Å²) in [4.78, 5) is 21.2. The minimum Gasteiger partial charge on any atom is -0.395 e. The number of hydrogen-bond donors (Lipinski definition) is 2. The summed E-state index contributed by atoms with van der Waals surface area (Å²) < 4.78 is 0. The first kappa shape index (κ1) is 14.9. The molecule has 0 spiro atoms. The van der Waals surface area contributed by atoms with Crippen molar-refractivity contribution in [2.75, 3.05) is 26.0 Å². The summed E-state index contributed by atoms with van der Waals surface area (Å²) >= 11 is 1.54. The van der Waals surface area contributed by atoms with Crippen LogP contribution in [0.3, 0.4) is 0 Å². The smallest absolute Gasteiger partial charge is 0.232 e. The molecule has 2 rings (SSSR count). The van der Waals surface area contributed by atoms with Gasteiger partial charge in [0.1, 0.15) is 5.82 Å². The van der Waals surface area contributed by atoms with Crippen molar-refractivity contribution in [2.24, 2.45) is 0 Å². The molecule has 6 heteroatoms. The average Bonchev–Trinajstić information content (AvgIpc) is 2.88. The van der Waals surface area contributed by atoms with Gasteiger partial charge >= 0.3 is 0 Å². The van der Waals surface area contributed by atoms with E-state index in [1.54, 1.807) is 23.7 Å². The van der Waals surface area contributed by atoms with Crippen LogP contribution in [0.1, 0.15) is 18.0 Å². The van der Waals surface area contributed by atoms with Gasteiger partial charge in [-0.15, -0.1) is 11.8 Å². The number of fused-ring (bicyclic) bond motifs is 1. The molecule has 1 amide bonds. The summed E-state index contributed by atoms with van der Waals surface area (Å²) in [6.45, 7) is 2.39. The molecule has 0 radical (unpaired) electrons. The molecule has 1 aromatic carbocycles. The fraction of sp³-hybridized carbons (Fsp3) is 0.429. The van der Waals surface area contributed by atoms with Crippen molar-refractivity contribution in [3.8, 4) is 0 Å². The van der Waals surface area contributed by atoms with Crippen molar-refractivity contribution in [1.82, 2.24) is 14.9 Å². The van der Waals surface area contributed by atoms with Gasteiger partial charge in [-0.3, -0.25) is 4.79 Å². The van der Waals surface area contributed by atoms with Crippen LogP contribution < -0.4 is 0 Å². The number of benzene rings is 1. The monoisotopic (exact) mass is 293 g/mol. The molecule has 1 unspecified atom stereocenters. The molecule has 0 saturated carbocycles. The standard InChI is InChI=1S/C14H19N3O2S/c1-10(20-9-13(19)17(2)7-8-18)14-15-11-5-3-4-6-12(11)16-14/h3-6,10,18H,7-9H2,1-2H3,(H,15,16). The number of aliphatic hydroxyl groups is 1. The van der Waals surface area contributed by atoms with E-state index in [1.807, 2.05) is 31.2 Å². The minimum absolute atomic E-state index is 0.00790. The van der Waals surface area contributed by atoms with E-state index in [9.17, 15) is 4.79 Å². The SMILES string of the molecule is CC(SCC(=O)N(C)CCO)c1nc2ccccc2[nH]1. The lowest BCUT2D eigenvalue weighted by Gasteiger charge is -2.16. The molecule has 2 N–H and O–H groups in total. The van der Waals surface area contributed by atoms with E-state index in [2.05, 4.69) is 9.97 Å². The van der Waals surface area contributed by atoms with Gasteiger partial charge in [0.2, 0.25) is 5.91 Å². The number of likely N-dealkylation sites (N-methyl/N-ethyl adjacent to an activating group) is 1. The Hall–Kier alpha value is -1.53. The number of H-pyrrole nitrogens is 1. The zero-order valence-corrected chi connectivity index (χ0v) is 12.5. The van der Waals surface area contributed by atoms with E-state index in [0.717, 1.165) is 16.9 Å². The average molecular weight is 293 g/mol. The molecule has 2 aromatic rings. The van der Waals surface area contributed by atoms with E-state index in [4.69, 9.17) is 5.11 Å². The van der Waals surface area contributed by atoms with Gasteiger partial charge in [0.15, 0.2) is 0 Å². The third-order valence-electron chi connectivity index (χ3n) is 3.11. The van der Waals surface area contributed by atoms with Crippen LogP contribution in [-0.4, -0.2) is 51.8 Å². The highest BCUT2D eigenvalue weighted by molar-refractivity contribution is 8.00. The van der Waals surface area contributed by atoms with Gasteiger partial charge in [0.25, 0.3) is 0 Å². The molecule has 0 fully saturated rings. The number of nitrogens with one attached hydrogen (secondary N) is 1. The number of hydrogen-bond acceptors (Lipinski definition) is 4. The number of carbonyl (C=O) groups is 1. The Labute approximate surface area is 122 Å². The number of nitrogens with zero attached hydrogens (tertiary/aromatic N) is 2. The van der Waals surface area contributed by atoms with E-state index >= 15 is 0 Å². The Kier molecular flexibility index (Phi) is 5.03. The number of imidazole rings is 1.